The summed E-state index contributed by atoms with van der Waals surface area (Å²) in [5, 5.41) is 3.69. The van der Waals surface area contributed by atoms with E-state index < -0.39 is 24.5 Å². The minimum atomic E-state index is -4.64. The van der Waals surface area contributed by atoms with Gasteiger partial charge in [-0.3, -0.25) is 9.78 Å². The van der Waals surface area contributed by atoms with Gasteiger partial charge in [0.15, 0.2) is 0 Å². The van der Waals surface area contributed by atoms with Crippen molar-refractivity contribution in [3.05, 3.63) is 72.2 Å². The van der Waals surface area contributed by atoms with E-state index >= 15 is 0 Å². The Labute approximate surface area is 164 Å². The first-order chi connectivity index (χ1) is 13.9. The lowest BCUT2D eigenvalue weighted by Crippen LogP contribution is -2.31. The molecule has 5 nitrogen and oxygen atoms in total. The second-order valence-corrected chi connectivity index (χ2v) is 6.60. The second-order valence-electron chi connectivity index (χ2n) is 6.60. The number of hydrogen-bond donors (Lipinski definition) is 1. The molecule has 0 atom stereocenters. The molecule has 0 aliphatic heterocycles. The van der Waals surface area contributed by atoms with Gasteiger partial charge in [0.2, 0.25) is 11.7 Å². The molecule has 8 heteroatoms. The number of carbonyl (C=O) groups excluding carboxylic acids is 1. The molecule has 2 aromatic carbocycles. The summed E-state index contributed by atoms with van der Waals surface area (Å²) in [6.45, 7) is -0.161. The zero-order chi connectivity index (χ0) is 20.4. The Morgan fingerprint density at radius 2 is 1.83 bits per heavy atom. The number of nitrogens with zero attached hydrogens (tertiary/aromatic N) is 3. The second kappa shape index (κ2) is 7.54. The van der Waals surface area contributed by atoms with Gasteiger partial charge < -0.3 is 9.88 Å². The zero-order valence-corrected chi connectivity index (χ0v) is 15.3. The highest BCUT2D eigenvalue weighted by Gasteiger charge is 2.37. The third kappa shape index (κ3) is 3.91. The maximum Gasteiger partial charge on any atom is 0.449 e. The number of hydrogen-bond acceptors (Lipinski definition) is 3. The van der Waals surface area contributed by atoms with Gasteiger partial charge in [0.05, 0.1) is 16.6 Å². The smallest absolute Gasteiger partial charge is 0.354 e. The Morgan fingerprint density at radius 1 is 1.03 bits per heavy atom. The van der Waals surface area contributed by atoms with Crippen molar-refractivity contribution in [3.63, 3.8) is 0 Å². The van der Waals surface area contributed by atoms with Crippen LogP contribution in [0, 0.1) is 0 Å². The number of amides is 1. The van der Waals surface area contributed by atoms with E-state index in [-0.39, 0.29) is 11.0 Å². The molecule has 148 valence electrons. The highest BCUT2D eigenvalue weighted by Crippen LogP contribution is 2.31. The normalized spacial score (nSPS) is 11.8. The van der Waals surface area contributed by atoms with Crippen LogP contribution in [0.15, 0.2) is 60.8 Å². The van der Waals surface area contributed by atoms with Crippen LogP contribution in [0.1, 0.15) is 11.4 Å². The molecule has 0 saturated heterocycles. The fourth-order valence-electron chi connectivity index (χ4n) is 3.36. The van der Waals surface area contributed by atoms with E-state index in [9.17, 15) is 18.0 Å². The Balaban J connectivity index is 1.48. The molecule has 0 bridgehead atoms. The number of para-hydroxylation sites is 3. The van der Waals surface area contributed by atoms with Gasteiger partial charge in [-0.25, -0.2) is 4.98 Å². The van der Waals surface area contributed by atoms with Crippen molar-refractivity contribution >= 4 is 27.8 Å². The van der Waals surface area contributed by atoms with Gasteiger partial charge in [-0.05, 0) is 30.2 Å². The van der Waals surface area contributed by atoms with E-state index in [0.717, 1.165) is 21.0 Å². The minimum Gasteiger partial charge on any atom is -0.354 e. The van der Waals surface area contributed by atoms with Gasteiger partial charge in [0, 0.05) is 18.1 Å². The lowest BCUT2D eigenvalue weighted by Gasteiger charge is -2.12. The molecule has 0 radical (unpaired) electrons. The van der Waals surface area contributed by atoms with Crippen LogP contribution in [-0.4, -0.2) is 27.0 Å². The number of imidazole rings is 1. The largest absolute Gasteiger partial charge is 0.449 e. The molecule has 0 fully saturated rings. The number of nitrogens with one attached hydrogen (secondary N) is 1. The maximum absolute atomic E-state index is 13.3. The van der Waals surface area contributed by atoms with Crippen LogP contribution in [0.4, 0.5) is 13.2 Å². The van der Waals surface area contributed by atoms with E-state index in [0.29, 0.717) is 13.0 Å². The topological polar surface area (TPSA) is 59.8 Å². The fourth-order valence-corrected chi connectivity index (χ4v) is 3.36. The number of alkyl halides is 3. The third-order valence-corrected chi connectivity index (χ3v) is 4.64. The first-order valence-electron chi connectivity index (χ1n) is 9.05. The summed E-state index contributed by atoms with van der Waals surface area (Å²) in [4.78, 5) is 20.4. The molecule has 2 aromatic heterocycles. The van der Waals surface area contributed by atoms with E-state index in [1.807, 2.05) is 30.3 Å². The van der Waals surface area contributed by atoms with Crippen LogP contribution in [0.5, 0.6) is 0 Å². The van der Waals surface area contributed by atoms with Crippen molar-refractivity contribution in [1.82, 2.24) is 19.9 Å². The quantitative estimate of drug-likeness (QED) is 0.554. The van der Waals surface area contributed by atoms with Gasteiger partial charge >= 0.3 is 6.18 Å². The van der Waals surface area contributed by atoms with Gasteiger partial charge in [-0.1, -0.05) is 36.4 Å². The number of pyridine rings is 1. The molecule has 0 aliphatic carbocycles. The summed E-state index contributed by atoms with van der Waals surface area (Å²) >= 11 is 0. The Hall–Kier alpha value is -3.42. The van der Waals surface area contributed by atoms with Gasteiger partial charge in [-0.15, -0.1) is 0 Å². The number of aromatic nitrogens is 3. The van der Waals surface area contributed by atoms with Crippen LogP contribution in [0.2, 0.25) is 0 Å². The van der Waals surface area contributed by atoms with Crippen molar-refractivity contribution < 1.29 is 18.0 Å². The predicted molar refractivity (Wildman–Crippen MR) is 103 cm³/mol. The molecule has 1 amide bonds. The van der Waals surface area contributed by atoms with Crippen LogP contribution >= 0.6 is 0 Å². The van der Waals surface area contributed by atoms with Crippen LogP contribution in [-0.2, 0) is 23.9 Å². The standard InChI is InChI=1S/C21H17F3N4O/c22-21(23,24)20-27-16-8-1-2-9-17(16)28(20)13-18(29)25-12-10-15-6-3-5-14-7-4-11-26-19(14)15/h1-9,11H,10,12-13H2,(H,25,29). The van der Waals surface area contributed by atoms with Crippen molar-refractivity contribution in [2.45, 2.75) is 19.1 Å². The summed E-state index contributed by atoms with van der Waals surface area (Å²) < 4.78 is 40.9. The summed E-state index contributed by atoms with van der Waals surface area (Å²) in [7, 11) is 0. The summed E-state index contributed by atoms with van der Waals surface area (Å²) in [5.41, 5.74) is 2.29. The molecule has 0 saturated carbocycles. The van der Waals surface area contributed by atoms with E-state index in [1.54, 1.807) is 18.3 Å². The Morgan fingerprint density at radius 3 is 2.66 bits per heavy atom. The van der Waals surface area contributed by atoms with Gasteiger partial charge in [0.1, 0.15) is 6.54 Å². The van der Waals surface area contributed by atoms with Crippen molar-refractivity contribution in [2.24, 2.45) is 0 Å². The van der Waals surface area contributed by atoms with Crippen molar-refractivity contribution in [1.29, 1.82) is 0 Å². The van der Waals surface area contributed by atoms with E-state index in [4.69, 9.17) is 0 Å². The summed E-state index contributed by atoms with van der Waals surface area (Å²) in [6, 6.07) is 15.8. The number of fused-ring (bicyclic) bond motifs is 2. The van der Waals surface area contributed by atoms with E-state index in [1.165, 1.54) is 12.1 Å². The Kier molecular flexibility index (Phi) is 4.92. The van der Waals surface area contributed by atoms with Gasteiger partial charge in [-0.2, -0.15) is 13.2 Å². The number of rotatable bonds is 5. The number of benzene rings is 2. The van der Waals surface area contributed by atoms with E-state index in [2.05, 4.69) is 15.3 Å². The average Bonchev–Trinajstić information content (AvgIpc) is 3.07. The molecule has 2 heterocycles. The monoisotopic (exact) mass is 398 g/mol. The molecular formula is C21H17F3N4O. The molecule has 29 heavy (non-hydrogen) atoms. The van der Waals surface area contributed by atoms with Crippen molar-refractivity contribution in [3.8, 4) is 0 Å². The Bertz CT molecular complexity index is 1180. The maximum atomic E-state index is 13.3. The SMILES string of the molecule is O=C(Cn1c(C(F)(F)F)nc2ccccc21)NCCc1cccc2cccnc12. The molecule has 0 aliphatic rings. The molecule has 4 rings (SSSR count). The lowest BCUT2D eigenvalue weighted by molar-refractivity contribution is -0.147. The van der Waals surface area contributed by atoms with Gasteiger partial charge in [0.25, 0.3) is 0 Å². The third-order valence-electron chi connectivity index (χ3n) is 4.64. The molecule has 4 aromatic rings. The minimum absolute atomic E-state index is 0.203. The summed E-state index contributed by atoms with van der Waals surface area (Å²) in [5.74, 6) is -1.58. The average molecular weight is 398 g/mol. The molecule has 1 N–H and O–H groups in total. The first-order valence-corrected chi connectivity index (χ1v) is 9.05. The zero-order valence-electron chi connectivity index (χ0n) is 15.3. The number of halogens is 3. The highest BCUT2D eigenvalue weighted by atomic mass is 19.4. The molecule has 0 unspecified atom stereocenters. The number of carbonyl (C=O) groups is 1. The lowest BCUT2D eigenvalue weighted by atomic mass is 10.1. The van der Waals surface area contributed by atoms with Crippen LogP contribution in [0.25, 0.3) is 21.9 Å². The summed E-state index contributed by atoms with van der Waals surface area (Å²) in [6.07, 6.45) is -2.42. The molecule has 0 spiro atoms. The van der Waals surface area contributed by atoms with Crippen molar-refractivity contribution in [2.75, 3.05) is 6.54 Å². The van der Waals surface area contributed by atoms with Crippen LogP contribution in [0.3, 0.4) is 0 Å². The highest BCUT2D eigenvalue weighted by molar-refractivity contribution is 5.82. The fraction of sp³-hybridized carbons (Fsp3) is 0.190. The molecular weight excluding hydrogens is 381 g/mol. The predicted octanol–water partition coefficient (Wildman–Crippen LogP) is 3.96. The first kappa shape index (κ1) is 18.9. The van der Waals surface area contributed by atoms with Crippen LogP contribution < -0.4 is 5.32 Å².